The third-order valence-corrected chi connectivity index (χ3v) is 4.29. The third kappa shape index (κ3) is 3.30. The Balaban J connectivity index is 1.81. The van der Waals surface area contributed by atoms with Crippen molar-refractivity contribution in [2.24, 2.45) is 0 Å². The van der Waals surface area contributed by atoms with Gasteiger partial charge >= 0.3 is 0 Å². The number of pyridine rings is 1. The lowest BCUT2D eigenvalue weighted by Crippen LogP contribution is -2.26. The van der Waals surface area contributed by atoms with E-state index >= 15 is 0 Å². The first-order valence-corrected chi connectivity index (χ1v) is 8.24. The second kappa shape index (κ2) is 6.83. The highest BCUT2D eigenvalue weighted by Gasteiger charge is 2.15. The third-order valence-electron chi connectivity index (χ3n) is 4.29. The van der Waals surface area contributed by atoms with Crippen LogP contribution in [-0.2, 0) is 6.54 Å². The number of nitrogens with zero attached hydrogens (tertiary/aromatic N) is 2. The molecule has 0 aliphatic heterocycles. The highest BCUT2D eigenvalue weighted by Crippen LogP contribution is 2.19. The molecule has 3 rings (SSSR count). The summed E-state index contributed by atoms with van der Waals surface area (Å²) in [5, 5.41) is 0.895. The Morgan fingerprint density at radius 1 is 1.04 bits per heavy atom. The number of aromatic nitrogens is 1. The molecule has 1 heterocycles. The first-order chi connectivity index (χ1) is 11.6. The maximum absolute atomic E-state index is 12.8. The Labute approximate surface area is 143 Å². The molecule has 0 bridgehead atoms. The summed E-state index contributed by atoms with van der Waals surface area (Å²) in [7, 11) is 1.84. The van der Waals surface area contributed by atoms with Gasteiger partial charge < -0.3 is 4.90 Å². The first-order valence-electron chi connectivity index (χ1n) is 8.24. The van der Waals surface area contributed by atoms with E-state index in [1.807, 2.05) is 37.4 Å². The van der Waals surface area contributed by atoms with Crippen molar-refractivity contribution in [1.29, 1.82) is 0 Å². The second-order valence-corrected chi connectivity index (χ2v) is 6.43. The van der Waals surface area contributed by atoms with E-state index in [1.165, 1.54) is 5.56 Å². The zero-order valence-electron chi connectivity index (χ0n) is 14.4. The van der Waals surface area contributed by atoms with E-state index in [2.05, 4.69) is 43.1 Å². The first kappa shape index (κ1) is 16.2. The van der Waals surface area contributed by atoms with Crippen LogP contribution in [0.2, 0.25) is 0 Å². The van der Waals surface area contributed by atoms with Crippen molar-refractivity contribution < 1.29 is 4.79 Å². The van der Waals surface area contributed by atoms with Crippen LogP contribution in [0.3, 0.4) is 0 Å². The minimum atomic E-state index is 0.0153. The number of rotatable bonds is 4. The van der Waals surface area contributed by atoms with Crippen molar-refractivity contribution >= 4 is 16.8 Å². The minimum Gasteiger partial charge on any atom is -0.337 e. The van der Waals surface area contributed by atoms with Gasteiger partial charge in [0.25, 0.3) is 5.91 Å². The van der Waals surface area contributed by atoms with Crippen LogP contribution in [0.4, 0.5) is 0 Å². The minimum absolute atomic E-state index is 0.0153. The van der Waals surface area contributed by atoms with Gasteiger partial charge in [0.1, 0.15) is 0 Å². The van der Waals surface area contributed by atoms with Crippen LogP contribution in [-0.4, -0.2) is 22.8 Å². The van der Waals surface area contributed by atoms with Crippen LogP contribution >= 0.6 is 0 Å². The van der Waals surface area contributed by atoms with E-state index < -0.39 is 0 Å². The lowest BCUT2D eigenvalue weighted by atomic mass is 10.0. The molecule has 0 radical (unpaired) electrons. The Bertz CT molecular complexity index is 848. The van der Waals surface area contributed by atoms with Crippen LogP contribution in [0.15, 0.2) is 60.8 Å². The normalized spacial score (nSPS) is 11.0. The standard InChI is InChI=1S/C21H22N2O/c1-15(2)17-11-9-16(10-12-17)14-23(3)21(24)19-6-4-8-20-18(19)7-5-13-22-20/h4-13,15H,14H2,1-3H3. The fraction of sp³-hybridized carbons (Fsp3) is 0.238. The SMILES string of the molecule is CC(C)c1ccc(CN(C)C(=O)c2cccc3ncccc23)cc1. The summed E-state index contributed by atoms with van der Waals surface area (Å²) in [5.74, 6) is 0.531. The molecule has 0 unspecified atom stereocenters. The summed E-state index contributed by atoms with van der Waals surface area (Å²) < 4.78 is 0. The van der Waals surface area contributed by atoms with Gasteiger partial charge in [0.2, 0.25) is 0 Å². The van der Waals surface area contributed by atoms with Gasteiger partial charge in [-0.3, -0.25) is 9.78 Å². The van der Waals surface area contributed by atoms with Crippen LogP contribution in [0.1, 0.15) is 41.3 Å². The van der Waals surface area contributed by atoms with E-state index in [9.17, 15) is 4.79 Å². The monoisotopic (exact) mass is 318 g/mol. The number of carbonyl (C=O) groups is 1. The molecule has 0 aliphatic carbocycles. The molecule has 0 saturated carbocycles. The number of carbonyl (C=O) groups excluding carboxylic acids is 1. The molecule has 0 spiro atoms. The van der Waals surface area contributed by atoms with Gasteiger partial charge in [0.05, 0.1) is 5.52 Å². The van der Waals surface area contributed by atoms with Gasteiger partial charge in [-0.1, -0.05) is 50.2 Å². The van der Waals surface area contributed by atoms with Gasteiger partial charge in [0, 0.05) is 30.7 Å². The molecule has 3 heteroatoms. The number of amides is 1. The van der Waals surface area contributed by atoms with Crippen molar-refractivity contribution in [2.75, 3.05) is 7.05 Å². The topological polar surface area (TPSA) is 33.2 Å². The highest BCUT2D eigenvalue weighted by atomic mass is 16.2. The van der Waals surface area contributed by atoms with Gasteiger partial charge in [-0.25, -0.2) is 0 Å². The fourth-order valence-electron chi connectivity index (χ4n) is 2.85. The molecule has 3 nitrogen and oxygen atoms in total. The molecule has 1 aromatic heterocycles. The van der Waals surface area contributed by atoms with Crippen LogP contribution in [0.5, 0.6) is 0 Å². The maximum atomic E-state index is 12.8. The largest absolute Gasteiger partial charge is 0.337 e. The fourth-order valence-corrected chi connectivity index (χ4v) is 2.85. The predicted octanol–water partition coefficient (Wildman–Crippen LogP) is 4.63. The molecule has 0 aliphatic rings. The second-order valence-electron chi connectivity index (χ2n) is 6.43. The molecular formula is C21H22N2O. The van der Waals surface area contributed by atoms with Crippen LogP contribution in [0, 0.1) is 0 Å². The Morgan fingerprint density at radius 3 is 2.50 bits per heavy atom. The number of fused-ring (bicyclic) bond motifs is 1. The lowest BCUT2D eigenvalue weighted by molar-refractivity contribution is 0.0787. The van der Waals surface area contributed by atoms with Gasteiger partial charge in [0.15, 0.2) is 0 Å². The summed E-state index contributed by atoms with van der Waals surface area (Å²) in [6, 6.07) is 18.0. The van der Waals surface area contributed by atoms with E-state index in [0.29, 0.717) is 18.0 Å². The molecule has 1 amide bonds. The molecule has 0 fully saturated rings. The zero-order valence-corrected chi connectivity index (χ0v) is 14.4. The van der Waals surface area contributed by atoms with Crippen molar-refractivity contribution in [2.45, 2.75) is 26.3 Å². The summed E-state index contributed by atoms with van der Waals surface area (Å²) in [6.45, 7) is 4.95. The van der Waals surface area contributed by atoms with Gasteiger partial charge in [-0.2, -0.15) is 0 Å². The maximum Gasteiger partial charge on any atom is 0.254 e. The lowest BCUT2D eigenvalue weighted by Gasteiger charge is -2.19. The molecule has 0 saturated heterocycles. The highest BCUT2D eigenvalue weighted by molar-refractivity contribution is 6.05. The smallest absolute Gasteiger partial charge is 0.254 e. The van der Waals surface area contributed by atoms with Gasteiger partial charge in [-0.05, 0) is 35.2 Å². The quantitative estimate of drug-likeness (QED) is 0.702. The number of hydrogen-bond acceptors (Lipinski definition) is 2. The summed E-state index contributed by atoms with van der Waals surface area (Å²) >= 11 is 0. The summed E-state index contributed by atoms with van der Waals surface area (Å²) in [4.78, 5) is 18.9. The Hall–Kier alpha value is -2.68. The number of benzene rings is 2. The molecular weight excluding hydrogens is 296 g/mol. The summed E-state index contributed by atoms with van der Waals surface area (Å²) in [6.07, 6.45) is 1.75. The summed E-state index contributed by atoms with van der Waals surface area (Å²) in [5.41, 5.74) is 3.99. The predicted molar refractivity (Wildman–Crippen MR) is 98.1 cm³/mol. The van der Waals surface area contributed by atoms with E-state index in [1.54, 1.807) is 11.1 Å². The molecule has 2 aromatic carbocycles. The average molecular weight is 318 g/mol. The van der Waals surface area contributed by atoms with Crippen molar-refractivity contribution in [3.8, 4) is 0 Å². The molecule has 0 atom stereocenters. The average Bonchev–Trinajstić information content (AvgIpc) is 2.61. The van der Waals surface area contributed by atoms with Crippen LogP contribution in [0.25, 0.3) is 10.9 Å². The van der Waals surface area contributed by atoms with Gasteiger partial charge in [-0.15, -0.1) is 0 Å². The Kier molecular flexibility index (Phi) is 4.61. The van der Waals surface area contributed by atoms with Crippen molar-refractivity contribution in [3.63, 3.8) is 0 Å². The van der Waals surface area contributed by atoms with Crippen molar-refractivity contribution in [1.82, 2.24) is 9.88 Å². The van der Waals surface area contributed by atoms with Crippen molar-refractivity contribution in [3.05, 3.63) is 77.5 Å². The van der Waals surface area contributed by atoms with E-state index in [0.717, 1.165) is 16.5 Å². The number of hydrogen-bond donors (Lipinski definition) is 0. The molecule has 122 valence electrons. The van der Waals surface area contributed by atoms with E-state index in [-0.39, 0.29) is 5.91 Å². The molecule has 24 heavy (non-hydrogen) atoms. The Morgan fingerprint density at radius 2 is 1.79 bits per heavy atom. The zero-order chi connectivity index (χ0) is 17.1. The molecule has 3 aromatic rings. The van der Waals surface area contributed by atoms with E-state index in [4.69, 9.17) is 0 Å². The molecule has 0 N–H and O–H groups in total. The van der Waals surface area contributed by atoms with Crippen LogP contribution < -0.4 is 0 Å².